The van der Waals surface area contributed by atoms with Crippen LogP contribution >= 0.6 is 11.6 Å². The van der Waals surface area contributed by atoms with Crippen LogP contribution in [0.3, 0.4) is 0 Å². The average Bonchev–Trinajstić information content (AvgIpc) is 2.73. The van der Waals surface area contributed by atoms with E-state index in [1.54, 1.807) is 0 Å². The number of hydrogen-bond donors (Lipinski definition) is 2. The third-order valence-corrected chi connectivity index (χ3v) is 3.01. The zero-order valence-corrected chi connectivity index (χ0v) is 8.61. The molecular formula is C10H10ClF2NO. The van der Waals surface area contributed by atoms with Gasteiger partial charge in [-0.1, -0.05) is 11.6 Å². The first-order valence-electron chi connectivity index (χ1n) is 4.68. The zero-order chi connectivity index (χ0) is 11.0. The van der Waals surface area contributed by atoms with E-state index < -0.39 is 16.7 Å². The van der Waals surface area contributed by atoms with E-state index in [2.05, 4.69) is 5.32 Å². The molecule has 2 N–H and O–H groups in total. The molecule has 0 bridgehead atoms. The third kappa shape index (κ3) is 1.79. The molecule has 0 aliphatic carbocycles. The van der Waals surface area contributed by atoms with Crippen LogP contribution in [0.2, 0.25) is 5.02 Å². The van der Waals surface area contributed by atoms with Gasteiger partial charge >= 0.3 is 0 Å². The Balaban J connectivity index is 2.47. The lowest BCUT2D eigenvalue weighted by atomic mass is 9.97. The van der Waals surface area contributed by atoms with E-state index in [0.29, 0.717) is 12.1 Å². The van der Waals surface area contributed by atoms with Crippen molar-refractivity contribution in [3.63, 3.8) is 0 Å². The van der Waals surface area contributed by atoms with Crippen LogP contribution in [0.5, 0.6) is 5.75 Å². The van der Waals surface area contributed by atoms with Crippen LogP contribution in [0.4, 0.5) is 8.78 Å². The molecule has 0 amide bonds. The molecule has 5 heteroatoms. The van der Waals surface area contributed by atoms with E-state index in [0.717, 1.165) is 19.0 Å². The minimum atomic E-state index is -1.19. The highest BCUT2D eigenvalue weighted by molar-refractivity contribution is 6.32. The van der Waals surface area contributed by atoms with E-state index in [9.17, 15) is 13.9 Å². The van der Waals surface area contributed by atoms with Gasteiger partial charge in [0.05, 0.1) is 0 Å². The molecule has 0 saturated carbocycles. The summed E-state index contributed by atoms with van der Waals surface area (Å²) in [7, 11) is 0. The maximum Gasteiger partial charge on any atom is 0.181 e. The highest BCUT2D eigenvalue weighted by Crippen LogP contribution is 2.37. The summed E-state index contributed by atoms with van der Waals surface area (Å²) in [5, 5.41) is 12.1. The monoisotopic (exact) mass is 233 g/mol. The first-order chi connectivity index (χ1) is 7.11. The predicted octanol–water partition coefficient (Wildman–Crippen LogP) is 2.40. The standard InChI is InChI=1S/C10H10ClF2NO/c11-8-9(13)7(12)3-6(10(8)15)5-1-2-14-4-5/h3,5,14-15H,1-2,4H2. The van der Waals surface area contributed by atoms with Crippen molar-refractivity contribution in [3.05, 3.63) is 28.3 Å². The molecule has 1 aliphatic heterocycles. The maximum absolute atomic E-state index is 13.1. The Hall–Kier alpha value is -0.870. The van der Waals surface area contributed by atoms with Crippen LogP contribution in [-0.2, 0) is 0 Å². The van der Waals surface area contributed by atoms with Gasteiger partial charge in [-0.3, -0.25) is 0 Å². The average molecular weight is 234 g/mol. The fourth-order valence-electron chi connectivity index (χ4n) is 1.84. The van der Waals surface area contributed by atoms with Crippen molar-refractivity contribution >= 4 is 11.6 Å². The van der Waals surface area contributed by atoms with Crippen LogP contribution in [0.25, 0.3) is 0 Å². The minimum absolute atomic E-state index is 0.00222. The predicted molar refractivity (Wildman–Crippen MR) is 53.3 cm³/mol. The summed E-state index contributed by atoms with van der Waals surface area (Å²) in [6, 6.07) is 1.02. The van der Waals surface area contributed by atoms with E-state index in [4.69, 9.17) is 11.6 Å². The number of aromatic hydroxyl groups is 1. The fourth-order valence-corrected chi connectivity index (χ4v) is 2.03. The fraction of sp³-hybridized carbons (Fsp3) is 0.400. The minimum Gasteiger partial charge on any atom is -0.506 e. The molecule has 1 fully saturated rings. The van der Waals surface area contributed by atoms with Crippen LogP contribution < -0.4 is 5.32 Å². The molecule has 0 spiro atoms. The molecule has 2 rings (SSSR count). The summed E-state index contributed by atoms with van der Waals surface area (Å²) >= 11 is 5.48. The molecule has 1 atom stereocenters. The Morgan fingerprint density at radius 2 is 2.20 bits per heavy atom. The van der Waals surface area contributed by atoms with Crippen LogP contribution in [-0.4, -0.2) is 18.2 Å². The van der Waals surface area contributed by atoms with E-state index >= 15 is 0 Å². The van der Waals surface area contributed by atoms with Gasteiger partial charge < -0.3 is 10.4 Å². The van der Waals surface area contributed by atoms with Gasteiger partial charge in [0.1, 0.15) is 10.8 Å². The maximum atomic E-state index is 13.1. The zero-order valence-electron chi connectivity index (χ0n) is 7.86. The van der Waals surface area contributed by atoms with Gasteiger partial charge in [-0.15, -0.1) is 0 Å². The number of benzene rings is 1. The number of phenolic OH excluding ortho intramolecular Hbond substituents is 1. The lowest BCUT2D eigenvalue weighted by Crippen LogP contribution is -2.08. The highest BCUT2D eigenvalue weighted by Gasteiger charge is 2.24. The van der Waals surface area contributed by atoms with E-state index in [1.165, 1.54) is 0 Å². The molecule has 15 heavy (non-hydrogen) atoms. The van der Waals surface area contributed by atoms with Crippen molar-refractivity contribution in [2.24, 2.45) is 0 Å². The van der Waals surface area contributed by atoms with Crippen LogP contribution in [0.1, 0.15) is 17.9 Å². The van der Waals surface area contributed by atoms with Gasteiger partial charge in [-0.25, -0.2) is 8.78 Å². The molecule has 1 aromatic rings. The van der Waals surface area contributed by atoms with Crippen molar-refractivity contribution in [1.82, 2.24) is 5.32 Å². The molecule has 82 valence electrons. The second-order valence-electron chi connectivity index (χ2n) is 3.61. The van der Waals surface area contributed by atoms with Crippen molar-refractivity contribution in [2.45, 2.75) is 12.3 Å². The third-order valence-electron chi connectivity index (χ3n) is 2.67. The largest absolute Gasteiger partial charge is 0.506 e. The first kappa shape index (κ1) is 10.6. The van der Waals surface area contributed by atoms with Crippen molar-refractivity contribution in [1.29, 1.82) is 0 Å². The summed E-state index contributed by atoms with van der Waals surface area (Å²) in [4.78, 5) is 0. The molecule has 0 aromatic heterocycles. The number of nitrogens with one attached hydrogen (secondary N) is 1. The second kappa shape index (κ2) is 3.94. The Bertz CT molecular complexity index is 391. The summed E-state index contributed by atoms with van der Waals surface area (Å²) in [6.45, 7) is 1.45. The summed E-state index contributed by atoms with van der Waals surface area (Å²) < 4.78 is 26.1. The Morgan fingerprint density at radius 3 is 2.80 bits per heavy atom. The second-order valence-corrected chi connectivity index (χ2v) is 3.99. The summed E-state index contributed by atoms with van der Waals surface area (Å²) in [5.74, 6) is -2.55. The molecule has 1 unspecified atom stereocenters. The van der Waals surface area contributed by atoms with E-state index in [-0.39, 0.29) is 11.7 Å². The van der Waals surface area contributed by atoms with Crippen molar-refractivity contribution in [2.75, 3.05) is 13.1 Å². The topological polar surface area (TPSA) is 32.3 Å². The van der Waals surface area contributed by atoms with Gasteiger partial charge in [-0.2, -0.15) is 0 Å². The van der Waals surface area contributed by atoms with Gasteiger partial charge in [0, 0.05) is 18.0 Å². The number of phenols is 1. The Morgan fingerprint density at radius 1 is 1.47 bits per heavy atom. The lowest BCUT2D eigenvalue weighted by molar-refractivity contribution is 0.443. The van der Waals surface area contributed by atoms with Gasteiger partial charge in [0.15, 0.2) is 11.6 Å². The Labute approximate surface area is 90.9 Å². The molecule has 1 saturated heterocycles. The molecular weight excluding hydrogens is 224 g/mol. The van der Waals surface area contributed by atoms with Crippen molar-refractivity contribution in [3.8, 4) is 5.75 Å². The Kier molecular flexibility index (Phi) is 2.80. The SMILES string of the molecule is Oc1c(C2CCNC2)cc(F)c(F)c1Cl. The number of rotatable bonds is 1. The van der Waals surface area contributed by atoms with Crippen LogP contribution in [0, 0.1) is 11.6 Å². The van der Waals surface area contributed by atoms with Gasteiger partial charge in [0.25, 0.3) is 0 Å². The highest BCUT2D eigenvalue weighted by atomic mass is 35.5. The van der Waals surface area contributed by atoms with Gasteiger partial charge in [-0.05, 0) is 19.0 Å². The molecule has 1 heterocycles. The van der Waals surface area contributed by atoms with E-state index in [1.807, 2.05) is 0 Å². The first-order valence-corrected chi connectivity index (χ1v) is 5.06. The summed E-state index contributed by atoms with van der Waals surface area (Å²) in [5.41, 5.74) is 0.379. The number of halogens is 3. The molecule has 1 aliphatic rings. The molecule has 0 radical (unpaired) electrons. The molecule has 1 aromatic carbocycles. The molecule has 2 nitrogen and oxygen atoms in total. The normalized spacial score (nSPS) is 20.9. The lowest BCUT2D eigenvalue weighted by Gasteiger charge is -2.12. The smallest absolute Gasteiger partial charge is 0.181 e. The van der Waals surface area contributed by atoms with Crippen LogP contribution in [0.15, 0.2) is 6.07 Å². The van der Waals surface area contributed by atoms with Gasteiger partial charge in [0.2, 0.25) is 0 Å². The van der Waals surface area contributed by atoms with Crippen molar-refractivity contribution < 1.29 is 13.9 Å². The number of hydrogen-bond acceptors (Lipinski definition) is 2. The summed E-state index contributed by atoms with van der Waals surface area (Å²) in [6.07, 6.45) is 0.787. The quantitative estimate of drug-likeness (QED) is 0.730.